The van der Waals surface area contributed by atoms with Crippen LogP contribution in [-0.4, -0.2) is 44.1 Å². The second-order valence-corrected chi connectivity index (χ2v) is 7.26. The van der Waals surface area contributed by atoms with Gasteiger partial charge in [0.15, 0.2) is 0 Å². The van der Waals surface area contributed by atoms with Gasteiger partial charge in [0, 0.05) is 19.6 Å². The third-order valence-electron chi connectivity index (χ3n) is 3.81. The highest BCUT2D eigenvalue weighted by Crippen LogP contribution is 2.26. The molecule has 0 radical (unpaired) electrons. The lowest BCUT2D eigenvalue weighted by atomic mass is 10.0. The molecule has 1 heterocycles. The molecule has 2 rings (SSSR count). The monoisotopic (exact) mass is 298 g/mol. The first-order valence-corrected chi connectivity index (χ1v) is 8.31. The standard InChI is InChI=1S/C14H22N2O3S/c1-11(17)13-7-8-16(10-13)20(18,19)14-5-3-12(4-6-14)9-15-2/h3-6,11,13,15,17H,7-10H2,1-2H3. The van der Waals surface area contributed by atoms with Gasteiger partial charge in [-0.2, -0.15) is 4.31 Å². The van der Waals surface area contributed by atoms with Crippen molar-refractivity contribution in [1.29, 1.82) is 0 Å². The van der Waals surface area contributed by atoms with Crippen LogP contribution < -0.4 is 5.32 Å². The quantitative estimate of drug-likeness (QED) is 0.843. The van der Waals surface area contributed by atoms with Gasteiger partial charge in [-0.3, -0.25) is 0 Å². The van der Waals surface area contributed by atoms with Crippen molar-refractivity contribution in [1.82, 2.24) is 9.62 Å². The summed E-state index contributed by atoms with van der Waals surface area (Å²) in [6.07, 6.45) is 0.252. The third kappa shape index (κ3) is 3.20. The van der Waals surface area contributed by atoms with Crippen molar-refractivity contribution in [3.05, 3.63) is 29.8 Å². The molecule has 1 aliphatic heterocycles. The van der Waals surface area contributed by atoms with E-state index in [0.717, 1.165) is 5.56 Å². The second-order valence-electron chi connectivity index (χ2n) is 5.33. The fourth-order valence-corrected chi connectivity index (χ4v) is 4.01. The van der Waals surface area contributed by atoms with Gasteiger partial charge in [0.2, 0.25) is 10.0 Å². The Morgan fingerprint density at radius 2 is 2.05 bits per heavy atom. The summed E-state index contributed by atoms with van der Waals surface area (Å²) in [4.78, 5) is 0.323. The maximum atomic E-state index is 12.5. The van der Waals surface area contributed by atoms with Crippen molar-refractivity contribution in [3.63, 3.8) is 0 Å². The molecule has 2 unspecified atom stereocenters. The summed E-state index contributed by atoms with van der Waals surface area (Å²) in [6.45, 7) is 3.32. The van der Waals surface area contributed by atoms with E-state index in [-0.39, 0.29) is 5.92 Å². The minimum Gasteiger partial charge on any atom is -0.393 e. The van der Waals surface area contributed by atoms with Crippen LogP contribution in [0.15, 0.2) is 29.2 Å². The Bertz CT molecular complexity index is 540. The molecule has 1 aliphatic rings. The van der Waals surface area contributed by atoms with E-state index in [9.17, 15) is 13.5 Å². The highest BCUT2D eigenvalue weighted by molar-refractivity contribution is 7.89. The topological polar surface area (TPSA) is 69.6 Å². The highest BCUT2D eigenvalue weighted by Gasteiger charge is 2.34. The fourth-order valence-electron chi connectivity index (χ4n) is 2.50. The number of hydrogen-bond donors (Lipinski definition) is 2. The number of rotatable bonds is 5. The van der Waals surface area contributed by atoms with E-state index < -0.39 is 16.1 Å². The second kappa shape index (κ2) is 6.22. The predicted octanol–water partition coefficient (Wildman–Crippen LogP) is 0.797. The summed E-state index contributed by atoms with van der Waals surface area (Å²) in [5.74, 6) is 0.0355. The van der Waals surface area contributed by atoms with Gasteiger partial charge in [0.25, 0.3) is 0 Å². The van der Waals surface area contributed by atoms with E-state index >= 15 is 0 Å². The van der Waals surface area contributed by atoms with E-state index in [1.54, 1.807) is 19.1 Å². The molecule has 0 amide bonds. The molecular formula is C14H22N2O3S. The largest absolute Gasteiger partial charge is 0.393 e. The molecule has 1 saturated heterocycles. The summed E-state index contributed by atoms with van der Waals surface area (Å²) in [7, 11) is -1.58. The molecule has 0 aromatic heterocycles. The molecule has 5 nitrogen and oxygen atoms in total. The fraction of sp³-hybridized carbons (Fsp3) is 0.571. The molecule has 6 heteroatoms. The average molecular weight is 298 g/mol. The Morgan fingerprint density at radius 3 is 2.55 bits per heavy atom. The lowest BCUT2D eigenvalue weighted by Crippen LogP contribution is -2.30. The van der Waals surface area contributed by atoms with Crippen LogP contribution in [0.25, 0.3) is 0 Å². The van der Waals surface area contributed by atoms with Crippen LogP contribution in [0.4, 0.5) is 0 Å². The van der Waals surface area contributed by atoms with Gasteiger partial charge in [-0.1, -0.05) is 12.1 Å². The van der Waals surface area contributed by atoms with Gasteiger partial charge in [0.1, 0.15) is 0 Å². The van der Waals surface area contributed by atoms with Crippen LogP contribution in [0, 0.1) is 5.92 Å². The van der Waals surface area contributed by atoms with Crippen molar-refractivity contribution < 1.29 is 13.5 Å². The molecule has 2 atom stereocenters. The molecule has 1 aromatic carbocycles. The van der Waals surface area contributed by atoms with Gasteiger partial charge in [-0.15, -0.1) is 0 Å². The first-order chi connectivity index (χ1) is 9.45. The predicted molar refractivity (Wildman–Crippen MR) is 77.8 cm³/mol. The number of hydrogen-bond acceptors (Lipinski definition) is 4. The van der Waals surface area contributed by atoms with Crippen molar-refractivity contribution in [2.45, 2.75) is 30.9 Å². The number of benzene rings is 1. The number of nitrogens with one attached hydrogen (secondary N) is 1. The third-order valence-corrected chi connectivity index (χ3v) is 5.69. The Kier molecular flexibility index (Phi) is 4.80. The van der Waals surface area contributed by atoms with E-state index in [2.05, 4.69) is 5.32 Å². The van der Waals surface area contributed by atoms with Crippen molar-refractivity contribution in [2.24, 2.45) is 5.92 Å². The molecule has 112 valence electrons. The molecule has 1 aromatic rings. The molecule has 0 aliphatic carbocycles. The van der Waals surface area contributed by atoms with Crippen LogP contribution >= 0.6 is 0 Å². The maximum absolute atomic E-state index is 12.5. The van der Waals surface area contributed by atoms with Gasteiger partial charge >= 0.3 is 0 Å². The van der Waals surface area contributed by atoms with Crippen molar-refractivity contribution >= 4 is 10.0 Å². The number of aliphatic hydroxyl groups is 1. The van der Waals surface area contributed by atoms with E-state index in [0.29, 0.717) is 31.0 Å². The normalized spacial score (nSPS) is 22.1. The van der Waals surface area contributed by atoms with Crippen molar-refractivity contribution in [2.75, 3.05) is 20.1 Å². The smallest absolute Gasteiger partial charge is 0.243 e. The van der Waals surface area contributed by atoms with E-state index in [1.807, 2.05) is 19.2 Å². The van der Waals surface area contributed by atoms with Crippen LogP contribution in [0.1, 0.15) is 18.9 Å². The maximum Gasteiger partial charge on any atom is 0.243 e. The van der Waals surface area contributed by atoms with Crippen LogP contribution in [0.5, 0.6) is 0 Å². The minimum atomic E-state index is -3.44. The Morgan fingerprint density at radius 1 is 1.40 bits per heavy atom. The lowest BCUT2D eigenvalue weighted by molar-refractivity contribution is 0.133. The minimum absolute atomic E-state index is 0.0355. The summed E-state index contributed by atoms with van der Waals surface area (Å²) < 4.78 is 26.5. The van der Waals surface area contributed by atoms with Gasteiger partial charge in [-0.05, 0) is 44.0 Å². The molecule has 0 bridgehead atoms. The Hall–Kier alpha value is -0.950. The molecule has 20 heavy (non-hydrogen) atoms. The van der Waals surface area contributed by atoms with E-state index in [4.69, 9.17) is 0 Å². The summed E-state index contributed by atoms with van der Waals surface area (Å²) >= 11 is 0. The summed E-state index contributed by atoms with van der Waals surface area (Å²) in [5.41, 5.74) is 1.05. The van der Waals surface area contributed by atoms with Crippen molar-refractivity contribution in [3.8, 4) is 0 Å². The number of aliphatic hydroxyl groups excluding tert-OH is 1. The first-order valence-electron chi connectivity index (χ1n) is 6.87. The van der Waals surface area contributed by atoms with E-state index in [1.165, 1.54) is 4.31 Å². The highest BCUT2D eigenvalue weighted by atomic mass is 32.2. The zero-order chi connectivity index (χ0) is 14.8. The molecular weight excluding hydrogens is 276 g/mol. The average Bonchev–Trinajstić information content (AvgIpc) is 2.90. The molecule has 0 saturated carbocycles. The van der Waals surface area contributed by atoms with Gasteiger partial charge in [0.05, 0.1) is 11.0 Å². The number of nitrogens with zero attached hydrogens (tertiary/aromatic N) is 1. The Labute approximate surface area is 120 Å². The summed E-state index contributed by atoms with van der Waals surface area (Å²) in [5, 5.41) is 12.6. The van der Waals surface area contributed by atoms with Crippen LogP contribution in [0.2, 0.25) is 0 Å². The zero-order valence-corrected chi connectivity index (χ0v) is 12.7. The van der Waals surface area contributed by atoms with Crippen LogP contribution in [-0.2, 0) is 16.6 Å². The Balaban J connectivity index is 2.14. The molecule has 1 fully saturated rings. The number of sulfonamides is 1. The summed E-state index contributed by atoms with van der Waals surface area (Å²) in [6, 6.07) is 6.95. The first kappa shape index (κ1) is 15.4. The molecule has 2 N–H and O–H groups in total. The van der Waals surface area contributed by atoms with Gasteiger partial charge in [-0.25, -0.2) is 8.42 Å². The molecule has 0 spiro atoms. The SMILES string of the molecule is CNCc1ccc(S(=O)(=O)N2CCC(C(C)O)C2)cc1. The van der Waals surface area contributed by atoms with Gasteiger partial charge < -0.3 is 10.4 Å². The zero-order valence-electron chi connectivity index (χ0n) is 11.9. The van der Waals surface area contributed by atoms with Crippen LogP contribution in [0.3, 0.4) is 0 Å². The lowest BCUT2D eigenvalue weighted by Gasteiger charge is -2.18.